The van der Waals surface area contributed by atoms with Gasteiger partial charge in [0.25, 0.3) is 0 Å². The van der Waals surface area contributed by atoms with Crippen molar-refractivity contribution in [2.24, 2.45) is 0 Å². The van der Waals surface area contributed by atoms with E-state index in [0.29, 0.717) is 6.04 Å². The molecular formula is C18H22N2. The third-order valence-electron chi connectivity index (χ3n) is 3.97. The molecule has 0 aliphatic carbocycles. The van der Waals surface area contributed by atoms with Gasteiger partial charge in [0, 0.05) is 19.6 Å². The summed E-state index contributed by atoms with van der Waals surface area (Å²) in [6.45, 7) is 4.47. The van der Waals surface area contributed by atoms with Crippen molar-refractivity contribution in [2.45, 2.75) is 12.5 Å². The molecular weight excluding hydrogens is 244 g/mol. The lowest BCUT2D eigenvalue weighted by Crippen LogP contribution is -2.33. The summed E-state index contributed by atoms with van der Waals surface area (Å²) in [5, 5.41) is 3.49. The monoisotopic (exact) mass is 266 g/mol. The smallest absolute Gasteiger partial charge is 0.0602 e. The zero-order valence-electron chi connectivity index (χ0n) is 11.8. The molecule has 1 aliphatic rings. The fourth-order valence-corrected chi connectivity index (χ4v) is 3.01. The highest BCUT2D eigenvalue weighted by atomic mass is 15.2. The highest BCUT2D eigenvalue weighted by Gasteiger charge is 2.22. The molecule has 0 spiro atoms. The van der Waals surface area contributed by atoms with Gasteiger partial charge in [-0.3, -0.25) is 4.90 Å². The molecule has 0 amide bonds. The molecule has 0 aromatic heterocycles. The first-order valence-electron chi connectivity index (χ1n) is 7.50. The quantitative estimate of drug-likeness (QED) is 0.918. The fourth-order valence-electron chi connectivity index (χ4n) is 3.01. The second-order valence-corrected chi connectivity index (χ2v) is 5.36. The second-order valence-electron chi connectivity index (χ2n) is 5.36. The summed E-state index contributed by atoms with van der Waals surface area (Å²) in [7, 11) is 0. The molecule has 2 heteroatoms. The van der Waals surface area contributed by atoms with Crippen molar-refractivity contribution >= 4 is 0 Å². The Hall–Kier alpha value is -1.64. The van der Waals surface area contributed by atoms with Gasteiger partial charge in [-0.1, -0.05) is 60.7 Å². The molecule has 1 fully saturated rings. The second kappa shape index (κ2) is 6.69. The molecule has 2 aromatic rings. The lowest BCUT2D eigenvalue weighted by molar-refractivity contribution is 0.241. The van der Waals surface area contributed by atoms with E-state index in [4.69, 9.17) is 0 Å². The average Bonchev–Trinajstić information content (AvgIpc) is 2.79. The van der Waals surface area contributed by atoms with Crippen LogP contribution in [0, 0.1) is 0 Å². The number of nitrogens with zero attached hydrogens (tertiary/aromatic N) is 1. The van der Waals surface area contributed by atoms with Crippen LogP contribution in [0.5, 0.6) is 0 Å². The minimum Gasteiger partial charge on any atom is -0.315 e. The van der Waals surface area contributed by atoms with E-state index in [1.54, 1.807) is 0 Å². The summed E-state index contributed by atoms with van der Waals surface area (Å²) < 4.78 is 0. The molecule has 0 bridgehead atoms. The van der Waals surface area contributed by atoms with Crippen molar-refractivity contribution in [3.63, 3.8) is 0 Å². The van der Waals surface area contributed by atoms with Gasteiger partial charge in [0.2, 0.25) is 0 Å². The van der Waals surface area contributed by atoms with E-state index >= 15 is 0 Å². The predicted octanol–water partition coefficient (Wildman–Crippen LogP) is 3.07. The minimum absolute atomic E-state index is 0.372. The zero-order valence-corrected chi connectivity index (χ0v) is 11.8. The molecule has 2 aromatic carbocycles. The van der Waals surface area contributed by atoms with Gasteiger partial charge in [-0.15, -0.1) is 0 Å². The van der Waals surface area contributed by atoms with Crippen LogP contribution in [0.2, 0.25) is 0 Å². The number of benzene rings is 2. The van der Waals surface area contributed by atoms with Crippen LogP contribution in [0.3, 0.4) is 0 Å². The average molecular weight is 266 g/mol. The first-order valence-corrected chi connectivity index (χ1v) is 7.50. The molecule has 3 rings (SSSR count). The third kappa shape index (κ3) is 3.09. The summed E-state index contributed by atoms with van der Waals surface area (Å²) in [5.41, 5.74) is 2.78. The van der Waals surface area contributed by atoms with Gasteiger partial charge in [-0.25, -0.2) is 0 Å². The molecule has 1 heterocycles. The molecule has 20 heavy (non-hydrogen) atoms. The SMILES string of the molecule is c1ccc(C(c2ccccc2)N2CCCNCC2)cc1. The molecule has 104 valence electrons. The van der Waals surface area contributed by atoms with Crippen LogP contribution < -0.4 is 5.32 Å². The van der Waals surface area contributed by atoms with E-state index in [0.717, 1.165) is 26.2 Å². The lowest BCUT2D eigenvalue weighted by Gasteiger charge is -2.31. The van der Waals surface area contributed by atoms with E-state index < -0.39 is 0 Å². The van der Waals surface area contributed by atoms with Crippen LogP contribution in [-0.2, 0) is 0 Å². The van der Waals surface area contributed by atoms with Crippen molar-refractivity contribution < 1.29 is 0 Å². The van der Waals surface area contributed by atoms with Crippen LogP contribution in [0.25, 0.3) is 0 Å². The normalized spacial score (nSPS) is 17.1. The Morgan fingerprint density at radius 1 is 0.750 bits per heavy atom. The standard InChI is InChI=1S/C18H22N2/c1-3-8-16(9-4-1)18(17-10-5-2-6-11-17)20-14-7-12-19-13-15-20/h1-6,8-11,18-19H,7,12-15H2. The Bertz CT molecular complexity index is 462. The molecule has 0 unspecified atom stereocenters. The van der Waals surface area contributed by atoms with E-state index in [-0.39, 0.29) is 0 Å². The number of hydrogen-bond donors (Lipinski definition) is 1. The molecule has 1 N–H and O–H groups in total. The summed E-state index contributed by atoms with van der Waals surface area (Å²) in [6.07, 6.45) is 1.22. The highest BCUT2D eigenvalue weighted by molar-refractivity contribution is 5.31. The van der Waals surface area contributed by atoms with Gasteiger partial charge in [0.1, 0.15) is 0 Å². The van der Waals surface area contributed by atoms with E-state index in [1.807, 2.05) is 0 Å². The van der Waals surface area contributed by atoms with Crippen LogP contribution in [0.15, 0.2) is 60.7 Å². The summed E-state index contributed by atoms with van der Waals surface area (Å²) in [6, 6.07) is 22.1. The largest absolute Gasteiger partial charge is 0.315 e. The first-order chi connectivity index (χ1) is 9.95. The Balaban J connectivity index is 1.95. The number of rotatable bonds is 3. The fraction of sp³-hybridized carbons (Fsp3) is 0.333. The Morgan fingerprint density at radius 3 is 1.95 bits per heavy atom. The van der Waals surface area contributed by atoms with Gasteiger partial charge in [0.05, 0.1) is 6.04 Å². The zero-order chi connectivity index (χ0) is 13.6. The first kappa shape index (κ1) is 13.3. The highest BCUT2D eigenvalue weighted by Crippen LogP contribution is 2.28. The van der Waals surface area contributed by atoms with Crippen LogP contribution >= 0.6 is 0 Å². The van der Waals surface area contributed by atoms with Crippen molar-refractivity contribution in [1.29, 1.82) is 0 Å². The van der Waals surface area contributed by atoms with Crippen molar-refractivity contribution in [3.8, 4) is 0 Å². The van der Waals surface area contributed by atoms with Gasteiger partial charge < -0.3 is 5.32 Å². The maximum Gasteiger partial charge on any atom is 0.0602 e. The van der Waals surface area contributed by atoms with Crippen molar-refractivity contribution in [2.75, 3.05) is 26.2 Å². The van der Waals surface area contributed by atoms with Gasteiger partial charge in [-0.2, -0.15) is 0 Å². The Labute approximate surface area is 121 Å². The molecule has 0 atom stereocenters. The summed E-state index contributed by atoms with van der Waals surface area (Å²) in [4.78, 5) is 2.60. The third-order valence-corrected chi connectivity index (χ3v) is 3.97. The van der Waals surface area contributed by atoms with E-state index in [1.165, 1.54) is 17.5 Å². The lowest BCUT2D eigenvalue weighted by atomic mass is 9.97. The Kier molecular flexibility index (Phi) is 4.46. The van der Waals surface area contributed by atoms with Gasteiger partial charge >= 0.3 is 0 Å². The predicted molar refractivity (Wildman–Crippen MR) is 83.8 cm³/mol. The van der Waals surface area contributed by atoms with Crippen LogP contribution in [-0.4, -0.2) is 31.1 Å². The van der Waals surface area contributed by atoms with Gasteiger partial charge in [-0.05, 0) is 24.1 Å². The molecule has 1 aliphatic heterocycles. The van der Waals surface area contributed by atoms with Crippen molar-refractivity contribution in [3.05, 3.63) is 71.8 Å². The van der Waals surface area contributed by atoms with Crippen LogP contribution in [0.4, 0.5) is 0 Å². The topological polar surface area (TPSA) is 15.3 Å². The van der Waals surface area contributed by atoms with Crippen molar-refractivity contribution in [1.82, 2.24) is 10.2 Å². The van der Waals surface area contributed by atoms with Crippen LogP contribution in [0.1, 0.15) is 23.6 Å². The van der Waals surface area contributed by atoms with E-state index in [9.17, 15) is 0 Å². The number of hydrogen-bond acceptors (Lipinski definition) is 2. The molecule has 0 radical (unpaired) electrons. The number of nitrogens with one attached hydrogen (secondary N) is 1. The molecule has 0 saturated carbocycles. The Morgan fingerprint density at radius 2 is 1.35 bits per heavy atom. The van der Waals surface area contributed by atoms with E-state index in [2.05, 4.69) is 70.9 Å². The molecule has 1 saturated heterocycles. The summed E-state index contributed by atoms with van der Waals surface area (Å²) in [5.74, 6) is 0. The maximum atomic E-state index is 3.49. The van der Waals surface area contributed by atoms with Gasteiger partial charge in [0.15, 0.2) is 0 Å². The summed E-state index contributed by atoms with van der Waals surface area (Å²) >= 11 is 0. The molecule has 2 nitrogen and oxygen atoms in total. The minimum atomic E-state index is 0.372. The maximum absolute atomic E-state index is 3.49.